The lowest BCUT2D eigenvalue weighted by Gasteiger charge is -2.28. The molecule has 3 heterocycles. The molecule has 0 aliphatic carbocycles. The largest absolute Gasteiger partial charge is 0.378 e. The van der Waals surface area contributed by atoms with E-state index in [0.29, 0.717) is 49.2 Å². The predicted molar refractivity (Wildman–Crippen MR) is 99.7 cm³/mol. The fraction of sp³-hybridized carbons (Fsp3) is 0.500. The number of nitrogens with zero attached hydrogens (tertiary/aromatic N) is 4. The van der Waals surface area contributed by atoms with Crippen LogP contribution in [-0.2, 0) is 4.74 Å². The van der Waals surface area contributed by atoms with E-state index in [9.17, 15) is 9.59 Å². The van der Waals surface area contributed by atoms with Gasteiger partial charge in [0.2, 0.25) is 5.95 Å². The first kappa shape index (κ1) is 19.0. The number of ether oxygens (including phenoxy) is 1. The molecule has 1 fully saturated rings. The molecule has 9 heteroatoms. The number of aromatic nitrogens is 4. The molecule has 0 spiro atoms. The van der Waals surface area contributed by atoms with Crippen LogP contribution < -0.4 is 15.8 Å². The molecule has 27 heavy (non-hydrogen) atoms. The molecule has 1 atom stereocenters. The van der Waals surface area contributed by atoms with Gasteiger partial charge in [0.05, 0.1) is 36.2 Å². The maximum absolute atomic E-state index is 12.7. The van der Waals surface area contributed by atoms with Crippen molar-refractivity contribution in [3.05, 3.63) is 45.9 Å². The highest BCUT2D eigenvalue weighted by atomic mass is 16.5. The Kier molecular flexibility index (Phi) is 5.80. The van der Waals surface area contributed by atoms with Crippen LogP contribution in [0.15, 0.2) is 23.4 Å². The smallest absolute Gasteiger partial charge is 0.255 e. The van der Waals surface area contributed by atoms with E-state index in [1.807, 2.05) is 18.7 Å². The quantitative estimate of drug-likeness (QED) is 0.799. The lowest BCUT2D eigenvalue weighted by Crippen LogP contribution is -2.39. The molecule has 0 bridgehead atoms. The third-order valence-corrected chi connectivity index (χ3v) is 4.49. The highest BCUT2D eigenvalue weighted by Crippen LogP contribution is 2.21. The lowest BCUT2D eigenvalue weighted by atomic mass is 10.00. The van der Waals surface area contributed by atoms with Gasteiger partial charge in [-0.2, -0.15) is 0 Å². The molecule has 0 aromatic carbocycles. The van der Waals surface area contributed by atoms with Crippen molar-refractivity contribution in [3.63, 3.8) is 0 Å². The van der Waals surface area contributed by atoms with E-state index in [1.165, 1.54) is 18.6 Å². The van der Waals surface area contributed by atoms with Gasteiger partial charge in [-0.1, -0.05) is 13.8 Å². The Hall–Kier alpha value is -2.81. The van der Waals surface area contributed by atoms with Crippen LogP contribution in [0.25, 0.3) is 0 Å². The Morgan fingerprint density at radius 2 is 2.07 bits per heavy atom. The summed E-state index contributed by atoms with van der Waals surface area (Å²) in [6.07, 6.45) is 2.89. The van der Waals surface area contributed by atoms with E-state index in [4.69, 9.17) is 4.74 Å². The van der Waals surface area contributed by atoms with Gasteiger partial charge in [0.1, 0.15) is 6.33 Å². The van der Waals surface area contributed by atoms with E-state index >= 15 is 0 Å². The van der Waals surface area contributed by atoms with Crippen LogP contribution in [0.4, 0.5) is 5.95 Å². The molecule has 1 aliphatic rings. The van der Waals surface area contributed by atoms with Crippen molar-refractivity contribution in [1.82, 2.24) is 25.3 Å². The van der Waals surface area contributed by atoms with Gasteiger partial charge in [-0.3, -0.25) is 14.6 Å². The van der Waals surface area contributed by atoms with Crippen molar-refractivity contribution in [1.29, 1.82) is 0 Å². The van der Waals surface area contributed by atoms with E-state index in [0.717, 1.165) is 0 Å². The second-order valence-corrected chi connectivity index (χ2v) is 6.81. The van der Waals surface area contributed by atoms with E-state index in [2.05, 4.69) is 25.3 Å². The normalized spacial score (nSPS) is 15.6. The van der Waals surface area contributed by atoms with Crippen molar-refractivity contribution in [2.24, 2.45) is 5.92 Å². The summed E-state index contributed by atoms with van der Waals surface area (Å²) in [4.78, 5) is 42.2. The SMILES string of the molecule is Cc1ncncc1C(=O)N[C@H](c1cc(=O)[nH]c(N2CCOCC2)n1)C(C)C. The molecule has 3 rings (SSSR count). The fourth-order valence-electron chi connectivity index (χ4n) is 2.96. The number of amides is 1. The summed E-state index contributed by atoms with van der Waals surface area (Å²) in [5.74, 6) is 0.243. The molecular weight excluding hydrogens is 348 g/mol. The number of rotatable bonds is 5. The highest BCUT2D eigenvalue weighted by molar-refractivity contribution is 5.95. The minimum absolute atomic E-state index is 0.0331. The van der Waals surface area contributed by atoms with Gasteiger partial charge in [0.15, 0.2) is 0 Å². The topological polar surface area (TPSA) is 113 Å². The summed E-state index contributed by atoms with van der Waals surface area (Å²) in [6.45, 7) is 8.19. The van der Waals surface area contributed by atoms with Crippen LogP contribution in [-0.4, -0.2) is 52.1 Å². The number of aromatic amines is 1. The predicted octanol–water partition coefficient (Wildman–Crippen LogP) is 0.832. The summed E-state index contributed by atoms with van der Waals surface area (Å²) < 4.78 is 5.35. The Morgan fingerprint density at radius 3 is 2.74 bits per heavy atom. The third-order valence-electron chi connectivity index (χ3n) is 4.49. The van der Waals surface area contributed by atoms with E-state index < -0.39 is 6.04 Å². The molecule has 1 amide bonds. The average Bonchev–Trinajstić information content (AvgIpc) is 2.66. The number of hydrogen-bond donors (Lipinski definition) is 2. The maximum Gasteiger partial charge on any atom is 0.255 e. The second kappa shape index (κ2) is 8.26. The van der Waals surface area contributed by atoms with Gasteiger partial charge in [-0.25, -0.2) is 15.0 Å². The Balaban J connectivity index is 1.88. The molecular formula is C18H24N6O3. The number of anilines is 1. The number of morpholine rings is 1. The Bertz CT molecular complexity index is 860. The highest BCUT2D eigenvalue weighted by Gasteiger charge is 2.24. The van der Waals surface area contributed by atoms with Gasteiger partial charge in [-0.05, 0) is 12.8 Å². The van der Waals surface area contributed by atoms with Crippen LogP contribution >= 0.6 is 0 Å². The summed E-state index contributed by atoms with van der Waals surface area (Å²) in [6, 6.07) is 1.02. The molecule has 0 saturated carbocycles. The first-order valence-electron chi connectivity index (χ1n) is 8.97. The molecule has 0 radical (unpaired) electrons. The Morgan fingerprint density at radius 1 is 1.33 bits per heavy atom. The molecule has 144 valence electrons. The third kappa shape index (κ3) is 4.48. The standard InChI is InChI=1S/C18H24N6O3/c1-11(2)16(23-17(26)13-9-19-10-20-12(13)3)14-8-15(25)22-18(21-14)24-4-6-27-7-5-24/h8-11,16H,4-7H2,1-3H3,(H,23,26)(H,21,22,25)/t16-/m0/s1. The number of carbonyl (C=O) groups excluding carboxylic acids is 1. The Labute approximate surface area is 157 Å². The molecule has 9 nitrogen and oxygen atoms in total. The number of hydrogen-bond acceptors (Lipinski definition) is 7. The van der Waals surface area contributed by atoms with Crippen molar-refractivity contribution in [2.45, 2.75) is 26.8 Å². The first-order chi connectivity index (χ1) is 13.0. The number of aryl methyl sites for hydroxylation is 1. The monoisotopic (exact) mass is 372 g/mol. The maximum atomic E-state index is 12.7. The summed E-state index contributed by atoms with van der Waals surface area (Å²) >= 11 is 0. The zero-order valence-electron chi connectivity index (χ0n) is 15.7. The van der Waals surface area contributed by atoms with Crippen LogP contribution in [0.1, 0.15) is 41.6 Å². The van der Waals surface area contributed by atoms with Crippen LogP contribution in [0.3, 0.4) is 0 Å². The minimum Gasteiger partial charge on any atom is -0.378 e. The van der Waals surface area contributed by atoms with Gasteiger partial charge in [-0.15, -0.1) is 0 Å². The van der Waals surface area contributed by atoms with E-state index in [1.54, 1.807) is 6.92 Å². The van der Waals surface area contributed by atoms with E-state index in [-0.39, 0.29) is 17.4 Å². The van der Waals surface area contributed by atoms with Crippen LogP contribution in [0.5, 0.6) is 0 Å². The summed E-state index contributed by atoms with van der Waals surface area (Å²) in [5, 5.41) is 2.97. The molecule has 1 saturated heterocycles. The molecule has 2 aromatic heterocycles. The summed E-state index contributed by atoms with van der Waals surface area (Å²) in [5.41, 5.74) is 1.28. The molecule has 1 aliphatic heterocycles. The number of carbonyl (C=O) groups is 1. The zero-order valence-corrected chi connectivity index (χ0v) is 15.7. The average molecular weight is 372 g/mol. The molecule has 0 unspecified atom stereocenters. The number of H-pyrrole nitrogens is 1. The fourth-order valence-corrected chi connectivity index (χ4v) is 2.96. The van der Waals surface area contributed by atoms with Crippen LogP contribution in [0, 0.1) is 12.8 Å². The van der Waals surface area contributed by atoms with Crippen molar-refractivity contribution in [2.75, 3.05) is 31.2 Å². The minimum atomic E-state index is -0.417. The second-order valence-electron chi connectivity index (χ2n) is 6.81. The number of nitrogens with one attached hydrogen (secondary N) is 2. The van der Waals surface area contributed by atoms with Crippen molar-refractivity contribution in [3.8, 4) is 0 Å². The first-order valence-corrected chi connectivity index (χ1v) is 8.97. The van der Waals surface area contributed by atoms with Crippen molar-refractivity contribution < 1.29 is 9.53 Å². The summed E-state index contributed by atoms with van der Waals surface area (Å²) in [7, 11) is 0. The molecule has 2 aromatic rings. The van der Waals surface area contributed by atoms with Gasteiger partial charge in [0, 0.05) is 25.4 Å². The van der Waals surface area contributed by atoms with Crippen molar-refractivity contribution >= 4 is 11.9 Å². The van der Waals surface area contributed by atoms with Gasteiger partial charge in [0.25, 0.3) is 11.5 Å². The zero-order chi connectivity index (χ0) is 19.4. The lowest BCUT2D eigenvalue weighted by molar-refractivity contribution is 0.0923. The molecule has 2 N–H and O–H groups in total. The van der Waals surface area contributed by atoms with Gasteiger partial charge < -0.3 is 15.0 Å². The van der Waals surface area contributed by atoms with Gasteiger partial charge >= 0.3 is 0 Å². The van der Waals surface area contributed by atoms with Crippen LogP contribution in [0.2, 0.25) is 0 Å².